The first-order valence-electron chi connectivity index (χ1n) is 9.41. The fourth-order valence-corrected chi connectivity index (χ4v) is 3.34. The van der Waals surface area contributed by atoms with Crippen LogP contribution in [0.1, 0.15) is 58.9 Å². The Labute approximate surface area is 155 Å². The number of benzene rings is 1. The third kappa shape index (κ3) is 3.98. The molecular weight excluding hydrogens is 326 g/mol. The van der Waals surface area contributed by atoms with Crippen LogP contribution in [0.3, 0.4) is 0 Å². The van der Waals surface area contributed by atoms with Crippen molar-refractivity contribution in [3.8, 4) is 0 Å². The van der Waals surface area contributed by atoms with Crippen LogP contribution in [0, 0.1) is 0 Å². The molecule has 5 heteroatoms. The van der Waals surface area contributed by atoms with E-state index in [-0.39, 0.29) is 11.8 Å². The molecule has 3 rings (SSSR count). The summed E-state index contributed by atoms with van der Waals surface area (Å²) < 4.78 is 0. The largest absolute Gasteiger partial charge is 0.367 e. The summed E-state index contributed by atoms with van der Waals surface area (Å²) in [5, 5.41) is 0. The SMILES string of the molecule is CCC(C)c1ccc(C(=O)N2CCCN(C(=O)c3cc[nH]c3)CC2)cc1. The zero-order valence-corrected chi connectivity index (χ0v) is 15.6. The highest BCUT2D eigenvalue weighted by atomic mass is 16.2. The fourth-order valence-electron chi connectivity index (χ4n) is 3.34. The molecule has 0 radical (unpaired) electrons. The minimum absolute atomic E-state index is 0.0263. The second-order valence-corrected chi connectivity index (χ2v) is 6.97. The van der Waals surface area contributed by atoms with E-state index in [4.69, 9.17) is 0 Å². The smallest absolute Gasteiger partial charge is 0.255 e. The second kappa shape index (κ2) is 8.21. The van der Waals surface area contributed by atoms with E-state index < -0.39 is 0 Å². The molecular formula is C21H27N3O2. The molecule has 0 spiro atoms. The summed E-state index contributed by atoms with van der Waals surface area (Å²) in [7, 11) is 0. The average Bonchev–Trinajstić information content (AvgIpc) is 3.11. The molecule has 138 valence electrons. The topological polar surface area (TPSA) is 56.4 Å². The lowest BCUT2D eigenvalue weighted by atomic mass is 9.97. The number of carbonyl (C=O) groups excluding carboxylic acids is 2. The van der Waals surface area contributed by atoms with Crippen molar-refractivity contribution in [2.45, 2.75) is 32.6 Å². The standard InChI is InChI=1S/C21H27N3O2/c1-3-16(2)17-5-7-18(8-6-17)20(25)23-11-4-12-24(14-13-23)21(26)19-9-10-22-15-19/h5-10,15-16,22H,3-4,11-14H2,1-2H3. The Morgan fingerprint density at radius 3 is 2.12 bits per heavy atom. The molecule has 1 aliphatic rings. The second-order valence-electron chi connectivity index (χ2n) is 6.97. The van der Waals surface area contributed by atoms with Gasteiger partial charge in [-0.3, -0.25) is 9.59 Å². The monoisotopic (exact) mass is 353 g/mol. The van der Waals surface area contributed by atoms with E-state index in [1.165, 1.54) is 5.56 Å². The van der Waals surface area contributed by atoms with Gasteiger partial charge in [0.05, 0.1) is 5.56 Å². The summed E-state index contributed by atoms with van der Waals surface area (Å²) in [4.78, 5) is 31.9. The van der Waals surface area contributed by atoms with Crippen molar-refractivity contribution in [1.82, 2.24) is 14.8 Å². The number of H-pyrrole nitrogens is 1. The molecule has 0 bridgehead atoms. The van der Waals surface area contributed by atoms with Crippen LogP contribution in [-0.2, 0) is 0 Å². The normalized spacial score (nSPS) is 16.2. The van der Waals surface area contributed by atoms with Crippen LogP contribution >= 0.6 is 0 Å². The van der Waals surface area contributed by atoms with Crippen LogP contribution in [0.2, 0.25) is 0 Å². The first kappa shape index (κ1) is 18.2. The Morgan fingerprint density at radius 1 is 0.962 bits per heavy atom. The molecule has 2 heterocycles. The predicted molar refractivity (Wildman–Crippen MR) is 102 cm³/mol. The van der Waals surface area contributed by atoms with Crippen LogP contribution in [0.4, 0.5) is 0 Å². The van der Waals surface area contributed by atoms with Gasteiger partial charge in [-0.15, -0.1) is 0 Å². The highest BCUT2D eigenvalue weighted by Gasteiger charge is 2.23. The fraction of sp³-hybridized carbons (Fsp3) is 0.429. The van der Waals surface area contributed by atoms with Crippen molar-refractivity contribution in [3.05, 3.63) is 59.4 Å². The van der Waals surface area contributed by atoms with Crippen molar-refractivity contribution in [3.63, 3.8) is 0 Å². The van der Waals surface area contributed by atoms with Crippen molar-refractivity contribution in [2.24, 2.45) is 0 Å². The maximum atomic E-state index is 12.8. The van der Waals surface area contributed by atoms with Crippen molar-refractivity contribution in [2.75, 3.05) is 26.2 Å². The van der Waals surface area contributed by atoms with E-state index in [2.05, 4.69) is 31.0 Å². The zero-order valence-electron chi connectivity index (χ0n) is 15.6. The summed E-state index contributed by atoms with van der Waals surface area (Å²) in [5.74, 6) is 0.584. The lowest BCUT2D eigenvalue weighted by Crippen LogP contribution is -2.37. The Hall–Kier alpha value is -2.56. The molecule has 2 aromatic rings. The Morgan fingerprint density at radius 2 is 1.58 bits per heavy atom. The van der Waals surface area contributed by atoms with Gasteiger partial charge in [0.1, 0.15) is 0 Å². The molecule has 1 aromatic carbocycles. The Bertz CT molecular complexity index is 737. The molecule has 1 fully saturated rings. The minimum atomic E-state index is 0.0263. The first-order valence-corrected chi connectivity index (χ1v) is 9.41. The van der Waals surface area contributed by atoms with Gasteiger partial charge in [0.15, 0.2) is 0 Å². The minimum Gasteiger partial charge on any atom is -0.367 e. The van der Waals surface area contributed by atoms with Crippen LogP contribution in [0.15, 0.2) is 42.7 Å². The number of hydrogen-bond donors (Lipinski definition) is 1. The molecule has 1 unspecified atom stereocenters. The molecule has 1 aromatic heterocycles. The predicted octanol–water partition coefficient (Wildman–Crippen LogP) is 3.52. The van der Waals surface area contributed by atoms with E-state index in [0.29, 0.717) is 37.7 Å². The molecule has 1 saturated heterocycles. The highest BCUT2D eigenvalue weighted by molar-refractivity contribution is 5.95. The van der Waals surface area contributed by atoms with Crippen LogP contribution in [0.5, 0.6) is 0 Å². The van der Waals surface area contributed by atoms with Gasteiger partial charge in [-0.25, -0.2) is 0 Å². The molecule has 1 N–H and O–H groups in total. The summed E-state index contributed by atoms with van der Waals surface area (Å²) in [5.41, 5.74) is 2.66. The van der Waals surface area contributed by atoms with Gasteiger partial charge in [0, 0.05) is 44.1 Å². The lowest BCUT2D eigenvalue weighted by Gasteiger charge is -2.22. The van der Waals surface area contributed by atoms with E-state index >= 15 is 0 Å². The first-order chi connectivity index (χ1) is 12.6. The number of aromatic amines is 1. The summed E-state index contributed by atoms with van der Waals surface area (Å²) >= 11 is 0. The maximum absolute atomic E-state index is 12.8. The molecule has 1 aliphatic heterocycles. The number of nitrogens with zero attached hydrogens (tertiary/aromatic N) is 2. The van der Waals surface area contributed by atoms with Crippen molar-refractivity contribution < 1.29 is 9.59 Å². The van der Waals surface area contributed by atoms with E-state index in [9.17, 15) is 9.59 Å². The number of amides is 2. The van der Waals surface area contributed by atoms with Crippen molar-refractivity contribution in [1.29, 1.82) is 0 Å². The van der Waals surface area contributed by atoms with Gasteiger partial charge < -0.3 is 14.8 Å². The summed E-state index contributed by atoms with van der Waals surface area (Å²) in [6.45, 7) is 6.87. The molecule has 2 amide bonds. The average molecular weight is 353 g/mol. The van der Waals surface area contributed by atoms with Gasteiger partial charge >= 0.3 is 0 Å². The van der Waals surface area contributed by atoms with Gasteiger partial charge in [-0.2, -0.15) is 0 Å². The number of nitrogens with one attached hydrogen (secondary N) is 1. The number of rotatable bonds is 4. The van der Waals surface area contributed by atoms with E-state index in [1.54, 1.807) is 18.5 Å². The van der Waals surface area contributed by atoms with E-state index in [1.807, 2.05) is 21.9 Å². The highest BCUT2D eigenvalue weighted by Crippen LogP contribution is 2.20. The van der Waals surface area contributed by atoms with Gasteiger partial charge in [-0.1, -0.05) is 26.0 Å². The van der Waals surface area contributed by atoms with E-state index in [0.717, 1.165) is 18.4 Å². The lowest BCUT2D eigenvalue weighted by molar-refractivity contribution is 0.0719. The molecule has 0 saturated carbocycles. The Kier molecular flexibility index (Phi) is 5.76. The Balaban J connectivity index is 1.63. The summed E-state index contributed by atoms with van der Waals surface area (Å²) in [6, 6.07) is 9.76. The molecule has 5 nitrogen and oxygen atoms in total. The van der Waals surface area contributed by atoms with Crippen molar-refractivity contribution >= 4 is 11.8 Å². The summed E-state index contributed by atoms with van der Waals surface area (Å²) in [6.07, 6.45) is 5.36. The molecule has 0 aliphatic carbocycles. The van der Waals surface area contributed by atoms with Gasteiger partial charge in [-0.05, 0) is 42.5 Å². The molecule has 26 heavy (non-hydrogen) atoms. The molecule has 1 atom stereocenters. The van der Waals surface area contributed by atoms with Gasteiger partial charge in [0.25, 0.3) is 11.8 Å². The number of carbonyl (C=O) groups is 2. The third-order valence-electron chi connectivity index (χ3n) is 5.25. The van der Waals surface area contributed by atoms with Crippen LogP contribution in [0.25, 0.3) is 0 Å². The zero-order chi connectivity index (χ0) is 18.5. The number of aromatic nitrogens is 1. The number of hydrogen-bond acceptors (Lipinski definition) is 2. The third-order valence-corrected chi connectivity index (χ3v) is 5.25. The quantitative estimate of drug-likeness (QED) is 0.914. The maximum Gasteiger partial charge on any atom is 0.255 e. The van der Waals surface area contributed by atoms with Crippen LogP contribution in [-0.4, -0.2) is 52.8 Å². The van der Waals surface area contributed by atoms with Crippen LogP contribution < -0.4 is 0 Å². The van der Waals surface area contributed by atoms with Gasteiger partial charge in [0.2, 0.25) is 0 Å².